The Morgan fingerprint density at radius 3 is 2.40 bits per heavy atom. The minimum absolute atomic E-state index is 0.250. The number of hydrogen-bond acceptors (Lipinski definition) is 8. The number of aromatic amines is 2. The van der Waals surface area contributed by atoms with Crippen LogP contribution in [0.2, 0.25) is 0 Å². The van der Waals surface area contributed by atoms with Gasteiger partial charge in [-0.05, 0) is 60.1 Å². The molecule has 214 valence electrons. The smallest absolute Gasteiger partial charge is 0.373 e. The maximum atomic E-state index is 14.4. The van der Waals surface area contributed by atoms with Crippen LogP contribution in [0.4, 0.5) is 10.1 Å². The van der Waals surface area contributed by atoms with E-state index in [0.29, 0.717) is 23.6 Å². The molecule has 0 saturated heterocycles. The van der Waals surface area contributed by atoms with Gasteiger partial charge >= 0.3 is 6.15 Å². The third-order valence-electron chi connectivity index (χ3n) is 6.40. The predicted molar refractivity (Wildman–Crippen MR) is 161 cm³/mol. The summed E-state index contributed by atoms with van der Waals surface area (Å²) in [5.41, 5.74) is 8.46. The highest BCUT2D eigenvalue weighted by Crippen LogP contribution is 2.33. The zero-order valence-electron chi connectivity index (χ0n) is 24.0. The minimum Gasteiger partial charge on any atom is -0.376 e. The fourth-order valence-electron chi connectivity index (χ4n) is 4.57. The van der Waals surface area contributed by atoms with E-state index in [2.05, 4.69) is 42.6 Å². The molecule has 0 fully saturated rings. The lowest BCUT2D eigenvalue weighted by Gasteiger charge is -2.13. The number of imidazole rings is 1. The Morgan fingerprint density at radius 1 is 0.905 bits per heavy atom. The van der Waals surface area contributed by atoms with Crippen LogP contribution >= 0.6 is 0 Å². The van der Waals surface area contributed by atoms with Crippen LogP contribution in [0.5, 0.6) is 0 Å². The second-order valence-electron chi connectivity index (χ2n) is 9.29. The van der Waals surface area contributed by atoms with Crippen molar-refractivity contribution in [3.63, 3.8) is 0 Å². The maximum Gasteiger partial charge on any atom is 0.373 e. The number of carbonyl (C=O) groups excluding carboxylic acids is 2. The maximum absolute atomic E-state index is 14.4. The molecule has 4 heterocycles. The molecule has 6 rings (SSSR count). The lowest BCUT2D eigenvalue weighted by Crippen LogP contribution is -2.08. The first-order valence-corrected chi connectivity index (χ1v) is 13.3. The zero-order chi connectivity index (χ0) is 30.2. The highest BCUT2D eigenvalue weighted by molar-refractivity contribution is 5.98. The van der Waals surface area contributed by atoms with Crippen LogP contribution in [0.3, 0.4) is 0 Å². The van der Waals surface area contributed by atoms with Gasteiger partial charge in [0.2, 0.25) is 0 Å². The standard InChI is InChI=1S/C28H25FN8.C2H6.CO2/c1-30-11-16-6-18(8-20(29)7-16)23-14-32-15-25-26(23)34-28(33-25)27-22-10-17(4-5-24(22)35-36-27)19-9-21(37(2)3)13-31-12-19;1-2;2-1-3/h4-10,12-15,30H,11H2,1-3H3,(H,33,34)(H,35,36);1-2H3;. The Labute approximate surface area is 242 Å². The first-order valence-electron chi connectivity index (χ1n) is 13.3. The number of fused-ring (bicyclic) bond motifs is 2. The minimum atomic E-state index is -0.297. The van der Waals surface area contributed by atoms with E-state index in [9.17, 15) is 4.39 Å². The second-order valence-corrected chi connectivity index (χ2v) is 9.29. The van der Waals surface area contributed by atoms with Crippen molar-refractivity contribution in [2.45, 2.75) is 20.4 Å². The molecule has 0 aliphatic carbocycles. The van der Waals surface area contributed by atoms with Crippen molar-refractivity contribution in [2.75, 3.05) is 26.0 Å². The van der Waals surface area contributed by atoms with Crippen molar-refractivity contribution in [1.82, 2.24) is 35.5 Å². The summed E-state index contributed by atoms with van der Waals surface area (Å²) in [7, 11) is 5.82. The van der Waals surface area contributed by atoms with Crippen LogP contribution in [-0.4, -0.2) is 57.4 Å². The molecule has 0 aliphatic rings. The number of nitrogens with zero attached hydrogens (tertiary/aromatic N) is 5. The van der Waals surface area contributed by atoms with E-state index in [0.717, 1.165) is 49.9 Å². The van der Waals surface area contributed by atoms with Crippen molar-refractivity contribution >= 4 is 33.8 Å². The number of nitrogens with one attached hydrogen (secondary N) is 3. The second kappa shape index (κ2) is 13.4. The summed E-state index contributed by atoms with van der Waals surface area (Å²) in [6, 6.07) is 13.2. The third-order valence-corrected chi connectivity index (χ3v) is 6.40. The Balaban J connectivity index is 0.000000763. The fraction of sp³-hybridized carbons (Fsp3) is 0.194. The Hall–Kier alpha value is -5.25. The molecule has 2 aromatic carbocycles. The topological polar surface area (TPSA) is 133 Å². The van der Waals surface area contributed by atoms with E-state index < -0.39 is 0 Å². The molecule has 0 bridgehead atoms. The Bertz CT molecular complexity index is 1860. The summed E-state index contributed by atoms with van der Waals surface area (Å²) >= 11 is 0. The lowest BCUT2D eigenvalue weighted by atomic mass is 10.0. The van der Waals surface area contributed by atoms with Crippen LogP contribution in [0.25, 0.3) is 55.7 Å². The monoisotopic (exact) mass is 566 g/mol. The molecule has 11 heteroatoms. The predicted octanol–water partition coefficient (Wildman–Crippen LogP) is 5.60. The molecule has 0 amide bonds. The van der Waals surface area contributed by atoms with Gasteiger partial charge in [-0.2, -0.15) is 14.7 Å². The van der Waals surface area contributed by atoms with Gasteiger partial charge < -0.3 is 15.2 Å². The molecule has 6 aromatic rings. The SMILES string of the molecule is CC.CNCc1cc(F)cc(-c2cncc3[nH]c(-c4n[nH]c5ccc(-c6cncc(N(C)C)c6)cc45)nc23)c1.O=C=O. The molecule has 10 nitrogen and oxygen atoms in total. The first-order chi connectivity index (χ1) is 20.4. The van der Waals surface area contributed by atoms with Gasteiger partial charge in [0.25, 0.3) is 0 Å². The molecule has 3 N–H and O–H groups in total. The molecule has 42 heavy (non-hydrogen) atoms. The molecular weight excluding hydrogens is 535 g/mol. The molecular formula is C31H31FN8O2. The van der Waals surface area contributed by atoms with Gasteiger partial charge in [0.1, 0.15) is 11.5 Å². The van der Waals surface area contributed by atoms with E-state index in [4.69, 9.17) is 14.6 Å². The summed E-state index contributed by atoms with van der Waals surface area (Å²) in [6.45, 7) is 4.56. The number of hydrogen-bond donors (Lipinski definition) is 3. The average molecular weight is 567 g/mol. The van der Waals surface area contributed by atoms with Gasteiger partial charge in [0, 0.05) is 49.5 Å². The van der Waals surface area contributed by atoms with E-state index in [1.165, 1.54) is 12.1 Å². The van der Waals surface area contributed by atoms with Crippen molar-refractivity contribution < 1.29 is 14.0 Å². The largest absolute Gasteiger partial charge is 0.376 e. The summed E-state index contributed by atoms with van der Waals surface area (Å²) in [4.78, 5) is 35.3. The van der Waals surface area contributed by atoms with Crippen molar-refractivity contribution in [2.24, 2.45) is 0 Å². The molecule has 0 spiro atoms. The first kappa shape index (κ1) is 29.7. The zero-order valence-corrected chi connectivity index (χ0v) is 24.0. The van der Waals surface area contributed by atoms with E-state index >= 15 is 0 Å². The summed E-state index contributed by atoms with van der Waals surface area (Å²) in [5, 5.41) is 11.7. The normalized spacial score (nSPS) is 10.4. The quantitative estimate of drug-likeness (QED) is 0.237. The van der Waals surface area contributed by atoms with Gasteiger partial charge in [0.05, 0.1) is 34.6 Å². The summed E-state index contributed by atoms with van der Waals surface area (Å²) < 4.78 is 14.4. The van der Waals surface area contributed by atoms with Gasteiger partial charge in [-0.1, -0.05) is 19.9 Å². The van der Waals surface area contributed by atoms with Crippen LogP contribution in [0, 0.1) is 5.82 Å². The molecule has 0 saturated carbocycles. The fourth-order valence-corrected chi connectivity index (χ4v) is 4.57. The van der Waals surface area contributed by atoms with Gasteiger partial charge in [-0.3, -0.25) is 15.1 Å². The highest BCUT2D eigenvalue weighted by atomic mass is 19.1. The van der Waals surface area contributed by atoms with Gasteiger partial charge in [-0.15, -0.1) is 0 Å². The number of aromatic nitrogens is 6. The van der Waals surface area contributed by atoms with Crippen LogP contribution in [-0.2, 0) is 16.1 Å². The van der Waals surface area contributed by atoms with Crippen molar-refractivity contribution in [3.05, 3.63) is 78.6 Å². The Kier molecular flexibility index (Phi) is 9.49. The van der Waals surface area contributed by atoms with Crippen molar-refractivity contribution in [1.29, 1.82) is 0 Å². The summed E-state index contributed by atoms with van der Waals surface area (Å²) in [5.74, 6) is 0.314. The van der Waals surface area contributed by atoms with Crippen molar-refractivity contribution in [3.8, 4) is 33.8 Å². The van der Waals surface area contributed by atoms with E-state index in [1.807, 2.05) is 70.5 Å². The molecule has 0 atom stereocenters. The number of halogens is 1. The number of rotatable bonds is 6. The number of H-pyrrole nitrogens is 2. The molecule has 0 aliphatic heterocycles. The summed E-state index contributed by atoms with van der Waals surface area (Å²) in [6.07, 6.45) is 7.39. The van der Waals surface area contributed by atoms with E-state index in [1.54, 1.807) is 12.4 Å². The van der Waals surface area contributed by atoms with Crippen LogP contribution < -0.4 is 10.2 Å². The van der Waals surface area contributed by atoms with Gasteiger partial charge in [0.15, 0.2) is 5.82 Å². The third kappa shape index (κ3) is 6.22. The molecule has 0 unspecified atom stereocenters. The molecule has 0 radical (unpaired) electrons. The number of benzene rings is 2. The Morgan fingerprint density at radius 2 is 1.67 bits per heavy atom. The highest BCUT2D eigenvalue weighted by Gasteiger charge is 2.17. The van der Waals surface area contributed by atoms with Crippen LogP contribution in [0.1, 0.15) is 19.4 Å². The number of pyridine rings is 2. The number of anilines is 1. The molecule has 4 aromatic heterocycles. The van der Waals surface area contributed by atoms with Crippen LogP contribution in [0.15, 0.2) is 67.3 Å². The average Bonchev–Trinajstić information content (AvgIpc) is 3.62. The lowest BCUT2D eigenvalue weighted by molar-refractivity contribution is -0.191. The van der Waals surface area contributed by atoms with Gasteiger partial charge in [-0.25, -0.2) is 9.37 Å². The van der Waals surface area contributed by atoms with E-state index in [-0.39, 0.29) is 12.0 Å².